The number of aromatic nitrogens is 2. The number of aryl methyl sites for hydroxylation is 1. The van der Waals surface area contributed by atoms with E-state index in [0.29, 0.717) is 5.92 Å². The molecule has 24 heavy (non-hydrogen) atoms. The Balaban J connectivity index is 1.40. The molecule has 0 aromatic carbocycles. The molecule has 1 N–H and O–H groups in total. The van der Waals surface area contributed by atoms with Crippen LogP contribution in [-0.2, 0) is 4.79 Å². The summed E-state index contributed by atoms with van der Waals surface area (Å²) in [7, 11) is 0. The smallest absolute Gasteiger partial charge is 0.244 e. The van der Waals surface area contributed by atoms with Crippen LogP contribution in [0.5, 0.6) is 0 Å². The van der Waals surface area contributed by atoms with Crippen molar-refractivity contribution in [2.24, 2.45) is 5.92 Å². The molecule has 1 fully saturated rings. The summed E-state index contributed by atoms with van der Waals surface area (Å²) in [6.45, 7) is 4.60. The predicted molar refractivity (Wildman–Crippen MR) is 98.1 cm³/mol. The van der Waals surface area contributed by atoms with Gasteiger partial charge >= 0.3 is 0 Å². The molecule has 0 bridgehead atoms. The Kier molecular flexibility index (Phi) is 5.59. The average molecular weight is 342 g/mol. The fourth-order valence-corrected chi connectivity index (χ4v) is 3.39. The molecule has 0 spiro atoms. The van der Waals surface area contributed by atoms with E-state index in [1.807, 2.05) is 42.6 Å². The second kappa shape index (κ2) is 8.06. The van der Waals surface area contributed by atoms with E-state index in [9.17, 15) is 4.79 Å². The van der Waals surface area contributed by atoms with E-state index in [2.05, 4.69) is 20.4 Å². The Morgan fingerprint density at radius 2 is 2.17 bits per heavy atom. The van der Waals surface area contributed by atoms with Gasteiger partial charge in [0, 0.05) is 30.6 Å². The average Bonchev–Trinajstić information content (AvgIpc) is 3.13. The lowest BCUT2D eigenvalue weighted by Crippen LogP contribution is -2.38. The summed E-state index contributed by atoms with van der Waals surface area (Å²) in [4.78, 5) is 15.2. The van der Waals surface area contributed by atoms with Crippen molar-refractivity contribution in [1.29, 1.82) is 0 Å². The molecule has 1 aliphatic heterocycles. The van der Waals surface area contributed by atoms with Crippen molar-refractivity contribution in [3.63, 3.8) is 0 Å². The Labute approximate surface area is 146 Å². The van der Waals surface area contributed by atoms with Gasteiger partial charge in [0.1, 0.15) is 0 Å². The first-order chi connectivity index (χ1) is 11.7. The number of anilines is 1. The van der Waals surface area contributed by atoms with Crippen LogP contribution in [0.25, 0.3) is 6.08 Å². The van der Waals surface area contributed by atoms with Gasteiger partial charge in [-0.2, -0.15) is 5.10 Å². The second-order valence-electron chi connectivity index (χ2n) is 6.06. The first-order valence-electron chi connectivity index (χ1n) is 8.25. The third-order valence-electron chi connectivity index (χ3n) is 4.23. The zero-order valence-electron chi connectivity index (χ0n) is 13.8. The van der Waals surface area contributed by atoms with Gasteiger partial charge < -0.3 is 10.2 Å². The Morgan fingerprint density at radius 1 is 1.33 bits per heavy atom. The molecule has 0 radical (unpaired) electrons. The largest absolute Gasteiger partial charge is 0.355 e. The van der Waals surface area contributed by atoms with Gasteiger partial charge in [-0.05, 0) is 55.3 Å². The van der Waals surface area contributed by atoms with Crippen LogP contribution in [-0.4, -0.2) is 35.7 Å². The number of nitrogens with zero attached hydrogens (tertiary/aromatic N) is 3. The van der Waals surface area contributed by atoms with Crippen molar-refractivity contribution >= 4 is 29.1 Å². The summed E-state index contributed by atoms with van der Waals surface area (Å²) >= 11 is 1.63. The fraction of sp³-hybridized carbons (Fsp3) is 0.389. The molecule has 1 saturated heterocycles. The van der Waals surface area contributed by atoms with Crippen LogP contribution in [0.4, 0.5) is 5.82 Å². The highest BCUT2D eigenvalue weighted by molar-refractivity contribution is 7.10. The zero-order chi connectivity index (χ0) is 16.8. The van der Waals surface area contributed by atoms with E-state index in [4.69, 9.17) is 0 Å². The van der Waals surface area contributed by atoms with Crippen molar-refractivity contribution < 1.29 is 4.79 Å². The number of hydrogen-bond donors (Lipinski definition) is 1. The molecule has 5 nitrogen and oxygen atoms in total. The Morgan fingerprint density at radius 3 is 2.83 bits per heavy atom. The van der Waals surface area contributed by atoms with Gasteiger partial charge in [-0.3, -0.25) is 4.79 Å². The van der Waals surface area contributed by atoms with Crippen LogP contribution >= 0.6 is 11.3 Å². The number of carbonyl (C=O) groups excluding carboxylic acids is 1. The number of thiophene rings is 1. The van der Waals surface area contributed by atoms with E-state index >= 15 is 0 Å². The van der Waals surface area contributed by atoms with E-state index in [-0.39, 0.29) is 5.91 Å². The first-order valence-corrected chi connectivity index (χ1v) is 9.13. The number of carbonyl (C=O) groups is 1. The molecule has 6 heteroatoms. The van der Waals surface area contributed by atoms with Crippen molar-refractivity contribution in [2.75, 3.05) is 24.5 Å². The van der Waals surface area contributed by atoms with Gasteiger partial charge in [-0.1, -0.05) is 6.07 Å². The van der Waals surface area contributed by atoms with Gasteiger partial charge in [0.15, 0.2) is 5.82 Å². The molecule has 2 aromatic rings. The number of hydrogen-bond acceptors (Lipinski definition) is 5. The summed E-state index contributed by atoms with van der Waals surface area (Å²) < 4.78 is 0. The topological polar surface area (TPSA) is 58.1 Å². The van der Waals surface area contributed by atoms with Crippen LogP contribution in [0.2, 0.25) is 0 Å². The number of nitrogens with one attached hydrogen (secondary N) is 1. The summed E-state index contributed by atoms with van der Waals surface area (Å²) in [6, 6.07) is 8.00. The molecule has 1 amide bonds. The van der Waals surface area contributed by atoms with Gasteiger partial charge in [-0.15, -0.1) is 16.4 Å². The van der Waals surface area contributed by atoms with Crippen LogP contribution < -0.4 is 10.2 Å². The van der Waals surface area contributed by atoms with Gasteiger partial charge in [0.05, 0.1) is 5.69 Å². The third-order valence-corrected chi connectivity index (χ3v) is 5.07. The lowest BCUT2D eigenvalue weighted by Gasteiger charge is -2.32. The van der Waals surface area contributed by atoms with Crippen LogP contribution in [0.15, 0.2) is 35.7 Å². The molecule has 0 saturated carbocycles. The van der Waals surface area contributed by atoms with Crippen molar-refractivity contribution in [3.05, 3.63) is 46.3 Å². The fourth-order valence-electron chi connectivity index (χ4n) is 2.77. The SMILES string of the molecule is Cc1ccc(N2CCC(CNC(=O)C=Cc3cccs3)CC2)nn1. The second-order valence-corrected chi connectivity index (χ2v) is 7.04. The highest BCUT2D eigenvalue weighted by Crippen LogP contribution is 2.21. The predicted octanol–water partition coefficient (Wildman–Crippen LogP) is 2.89. The molecule has 3 rings (SSSR count). The molecule has 2 aromatic heterocycles. The third kappa shape index (κ3) is 4.64. The minimum absolute atomic E-state index is 0.0183. The number of rotatable bonds is 5. The maximum Gasteiger partial charge on any atom is 0.244 e. The number of piperidine rings is 1. The van der Waals surface area contributed by atoms with E-state index in [0.717, 1.165) is 48.9 Å². The Bertz CT molecular complexity index is 674. The molecular formula is C18H22N4OS. The summed E-state index contributed by atoms with van der Waals surface area (Å²) in [5.74, 6) is 1.45. The summed E-state index contributed by atoms with van der Waals surface area (Å²) in [5, 5.41) is 13.4. The lowest BCUT2D eigenvalue weighted by atomic mass is 9.97. The van der Waals surface area contributed by atoms with Gasteiger partial charge in [-0.25, -0.2) is 0 Å². The minimum atomic E-state index is -0.0183. The monoisotopic (exact) mass is 342 g/mol. The molecule has 3 heterocycles. The van der Waals surface area contributed by atoms with Gasteiger partial charge in [0.25, 0.3) is 0 Å². The van der Waals surface area contributed by atoms with Crippen LogP contribution in [0, 0.1) is 12.8 Å². The Hall–Kier alpha value is -2.21. The van der Waals surface area contributed by atoms with E-state index < -0.39 is 0 Å². The molecule has 1 aliphatic rings. The lowest BCUT2D eigenvalue weighted by molar-refractivity contribution is -0.116. The normalized spacial score (nSPS) is 15.8. The molecule has 126 valence electrons. The highest BCUT2D eigenvalue weighted by atomic mass is 32.1. The first kappa shape index (κ1) is 16.6. The van der Waals surface area contributed by atoms with Crippen molar-refractivity contribution in [2.45, 2.75) is 19.8 Å². The number of amides is 1. The highest BCUT2D eigenvalue weighted by Gasteiger charge is 2.20. The van der Waals surface area contributed by atoms with Gasteiger partial charge in [0.2, 0.25) is 5.91 Å². The van der Waals surface area contributed by atoms with Crippen LogP contribution in [0.1, 0.15) is 23.4 Å². The maximum absolute atomic E-state index is 11.9. The molecule has 0 atom stereocenters. The van der Waals surface area contributed by atoms with E-state index in [1.165, 1.54) is 0 Å². The standard InChI is InChI=1S/C18H22N4OS/c1-14-4-6-17(21-20-14)22-10-8-15(9-11-22)13-19-18(23)7-5-16-3-2-12-24-16/h2-7,12,15H,8-11,13H2,1H3,(H,19,23). The summed E-state index contributed by atoms with van der Waals surface area (Å²) in [5.41, 5.74) is 0.937. The maximum atomic E-state index is 11.9. The molecule has 0 aliphatic carbocycles. The van der Waals surface area contributed by atoms with Crippen molar-refractivity contribution in [3.8, 4) is 0 Å². The van der Waals surface area contributed by atoms with Crippen LogP contribution in [0.3, 0.4) is 0 Å². The molecule has 0 unspecified atom stereocenters. The minimum Gasteiger partial charge on any atom is -0.355 e. The zero-order valence-corrected chi connectivity index (χ0v) is 14.6. The quantitative estimate of drug-likeness (QED) is 0.849. The van der Waals surface area contributed by atoms with Crippen molar-refractivity contribution in [1.82, 2.24) is 15.5 Å². The summed E-state index contributed by atoms with van der Waals surface area (Å²) in [6.07, 6.45) is 5.59. The molecular weight excluding hydrogens is 320 g/mol. The van der Waals surface area contributed by atoms with E-state index in [1.54, 1.807) is 17.4 Å².